The molecule has 4 heteroatoms. The van der Waals surface area contributed by atoms with Crippen molar-refractivity contribution in [1.29, 1.82) is 0 Å². The van der Waals surface area contributed by atoms with Gasteiger partial charge in [0.1, 0.15) is 5.75 Å². The lowest BCUT2D eigenvalue weighted by atomic mass is 10.3. The Morgan fingerprint density at radius 1 is 1.36 bits per heavy atom. The first-order chi connectivity index (χ1) is 5.36. The van der Waals surface area contributed by atoms with E-state index < -0.39 is 0 Å². The van der Waals surface area contributed by atoms with E-state index in [1.165, 1.54) is 11.8 Å². The lowest BCUT2D eigenvalue weighted by Crippen LogP contribution is -1.93. The molecule has 0 bridgehead atoms. The summed E-state index contributed by atoms with van der Waals surface area (Å²) in [7, 11) is -0.0335. The van der Waals surface area contributed by atoms with Gasteiger partial charge in [-0.05, 0) is 23.9 Å². The Bertz CT molecular complexity index is 300. The van der Waals surface area contributed by atoms with Crippen molar-refractivity contribution in [2.45, 2.75) is 4.90 Å². The second-order valence-corrected chi connectivity index (χ2v) is 4.28. The summed E-state index contributed by atoms with van der Waals surface area (Å²) in [5.41, 5.74) is 0. The summed E-state index contributed by atoms with van der Waals surface area (Å²) in [6.45, 7) is 0. The van der Waals surface area contributed by atoms with Gasteiger partial charge in [0.25, 0.3) is 4.86 Å². The number of rotatable bonds is 0. The fraction of sp³-hybridized carbons (Fsp3) is 0. The van der Waals surface area contributed by atoms with Gasteiger partial charge in [-0.1, -0.05) is 12.1 Å². The number of hydrogen-bond donors (Lipinski definition) is 0. The molecule has 0 amide bonds. The highest BCUT2D eigenvalue weighted by molar-refractivity contribution is 8.22. The smallest absolute Gasteiger partial charge is 0.251 e. The van der Waals surface area contributed by atoms with E-state index in [0.717, 1.165) is 10.6 Å². The summed E-state index contributed by atoms with van der Waals surface area (Å²) in [6.07, 6.45) is 0. The van der Waals surface area contributed by atoms with Crippen LogP contribution in [0.3, 0.4) is 0 Å². The predicted molar refractivity (Wildman–Crippen MR) is 46.6 cm³/mol. The number of benzene rings is 1. The van der Waals surface area contributed by atoms with Crippen LogP contribution < -0.4 is 4.52 Å². The van der Waals surface area contributed by atoms with Crippen molar-refractivity contribution in [1.82, 2.24) is 0 Å². The summed E-state index contributed by atoms with van der Waals surface area (Å²) in [6, 6.07) is 7.57. The Kier molecular flexibility index (Phi) is 1.84. The minimum absolute atomic E-state index is 0.0335. The average Bonchev–Trinajstić information content (AvgIpc) is 2.04. The van der Waals surface area contributed by atoms with E-state index in [9.17, 15) is 4.79 Å². The minimum Gasteiger partial charge on any atom is -0.467 e. The predicted octanol–water partition coefficient (Wildman–Crippen LogP) is 2.88. The third kappa shape index (κ3) is 1.39. The van der Waals surface area contributed by atoms with Gasteiger partial charge in [-0.15, -0.1) is 0 Å². The quantitative estimate of drug-likeness (QED) is 0.580. The SMILES string of the molecule is O=C1POc2ccccc2S1. The van der Waals surface area contributed by atoms with E-state index >= 15 is 0 Å². The highest BCUT2D eigenvalue weighted by Crippen LogP contribution is 2.42. The molecule has 1 aromatic carbocycles. The zero-order valence-electron chi connectivity index (χ0n) is 5.53. The molecule has 2 rings (SSSR count). The van der Waals surface area contributed by atoms with Crippen LogP contribution in [0.15, 0.2) is 29.2 Å². The molecule has 0 radical (unpaired) electrons. The van der Waals surface area contributed by atoms with Crippen LogP contribution in [0.5, 0.6) is 5.75 Å². The van der Waals surface area contributed by atoms with Gasteiger partial charge in [0.15, 0.2) is 8.81 Å². The molecule has 1 aliphatic heterocycles. The van der Waals surface area contributed by atoms with E-state index in [2.05, 4.69) is 0 Å². The van der Waals surface area contributed by atoms with Crippen LogP contribution in [0.1, 0.15) is 0 Å². The summed E-state index contributed by atoms with van der Waals surface area (Å²) < 4.78 is 5.19. The maximum atomic E-state index is 10.9. The maximum Gasteiger partial charge on any atom is 0.251 e. The fourth-order valence-electron chi connectivity index (χ4n) is 0.836. The Morgan fingerprint density at radius 3 is 3.09 bits per heavy atom. The highest BCUT2D eigenvalue weighted by atomic mass is 32.2. The van der Waals surface area contributed by atoms with Crippen LogP contribution in [-0.2, 0) is 0 Å². The molecule has 0 aliphatic carbocycles. The first-order valence-corrected chi connectivity index (χ1v) is 4.82. The van der Waals surface area contributed by atoms with Crippen molar-refractivity contribution < 1.29 is 9.32 Å². The fourth-order valence-corrected chi connectivity index (χ4v) is 2.46. The van der Waals surface area contributed by atoms with E-state index in [-0.39, 0.29) is 13.7 Å². The van der Waals surface area contributed by atoms with Crippen molar-refractivity contribution in [3.63, 3.8) is 0 Å². The summed E-state index contributed by atoms with van der Waals surface area (Å²) >= 11 is 1.26. The van der Waals surface area contributed by atoms with Gasteiger partial charge in [-0.25, -0.2) is 0 Å². The largest absolute Gasteiger partial charge is 0.467 e. The van der Waals surface area contributed by atoms with Crippen molar-refractivity contribution in [3.05, 3.63) is 24.3 Å². The molecular formula is C7H5O2PS. The van der Waals surface area contributed by atoms with Gasteiger partial charge in [0.2, 0.25) is 0 Å². The molecule has 0 spiro atoms. The van der Waals surface area contributed by atoms with Gasteiger partial charge in [0, 0.05) is 0 Å². The van der Waals surface area contributed by atoms with Gasteiger partial charge in [-0.2, -0.15) is 0 Å². The third-order valence-electron chi connectivity index (χ3n) is 1.30. The molecule has 0 saturated heterocycles. The van der Waals surface area contributed by atoms with Crippen LogP contribution in [-0.4, -0.2) is 4.86 Å². The van der Waals surface area contributed by atoms with Crippen molar-refractivity contribution in [2.24, 2.45) is 0 Å². The van der Waals surface area contributed by atoms with Gasteiger partial charge in [-0.3, -0.25) is 4.79 Å². The van der Waals surface area contributed by atoms with Gasteiger partial charge < -0.3 is 4.52 Å². The highest BCUT2D eigenvalue weighted by Gasteiger charge is 2.16. The number of carbonyl (C=O) groups excluding carboxylic acids is 1. The molecule has 1 aromatic rings. The lowest BCUT2D eigenvalue weighted by molar-refractivity contribution is 0.275. The normalized spacial score (nSPS) is 17.6. The number of thioether (sulfide) groups is 1. The molecule has 0 N–H and O–H groups in total. The summed E-state index contributed by atoms with van der Waals surface area (Å²) in [4.78, 5) is 11.9. The van der Waals surface area contributed by atoms with Crippen LogP contribution in [0.2, 0.25) is 0 Å². The molecule has 0 aromatic heterocycles. The van der Waals surface area contributed by atoms with Gasteiger partial charge >= 0.3 is 0 Å². The standard InChI is InChI=1S/C7H5O2PS/c8-7-10-9-5-3-1-2-4-6(5)11-7/h1-4,10H. The molecule has 1 aliphatic rings. The zero-order valence-corrected chi connectivity index (χ0v) is 7.35. The number of carbonyl (C=O) groups is 1. The van der Waals surface area contributed by atoms with E-state index in [1.54, 1.807) is 0 Å². The molecule has 56 valence electrons. The van der Waals surface area contributed by atoms with E-state index in [4.69, 9.17) is 4.52 Å². The molecule has 1 heterocycles. The topological polar surface area (TPSA) is 26.3 Å². The maximum absolute atomic E-state index is 10.9. The van der Waals surface area contributed by atoms with Crippen molar-refractivity contribution in [2.75, 3.05) is 0 Å². The van der Waals surface area contributed by atoms with Crippen LogP contribution in [0.25, 0.3) is 0 Å². The van der Waals surface area contributed by atoms with Crippen molar-refractivity contribution >= 4 is 25.4 Å². The molecule has 2 nitrogen and oxygen atoms in total. The monoisotopic (exact) mass is 184 g/mol. The molecule has 1 atom stereocenters. The first kappa shape index (κ1) is 7.14. The molecule has 0 saturated carbocycles. The summed E-state index contributed by atoms with van der Waals surface area (Å²) in [5, 5.41) is 0. The molecule has 11 heavy (non-hydrogen) atoms. The van der Waals surface area contributed by atoms with Crippen LogP contribution in [0.4, 0.5) is 4.79 Å². The first-order valence-electron chi connectivity index (χ1n) is 3.10. The third-order valence-corrected chi connectivity index (χ3v) is 3.08. The van der Waals surface area contributed by atoms with Gasteiger partial charge in [0.05, 0.1) is 4.90 Å². The van der Waals surface area contributed by atoms with E-state index in [1.807, 2.05) is 24.3 Å². The number of hydrogen-bond acceptors (Lipinski definition) is 3. The second kappa shape index (κ2) is 2.84. The zero-order chi connectivity index (χ0) is 7.68. The minimum atomic E-state index is -0.0335. The van der Waals surface area contributed by atoms with E-state index in [0.29, 0.717) is 0 Å². The average molecular weight is 184 g/mol. The Morgan fingerprint density at radius 2 is 2.18 bits per heavy atom. The number of para-hydroxylation sites is 1. The Labute approximate surface area is 70.2 Å². The molecule has 1 unspecified atom stereocenters. The Hall–Kier alpha value is -0.530. The second-order valence-electron chi connectivity index (χ2n) is 2.04. The molecular weight excluding hydrogens is 179 g/mol. The summed E-state index contributed by atoms with van der Waals surface area (Å²) in [5.74, 6) is 0.829. The van der Waals surface area contributed by atoms with Crippen LogP contribution in [0, 0.1) is 0 Å². The van der Waals surface area contributed by atoms with Crippen molar-refractivity contribution in [3.8, 4) is 5.75 Å². The lowest BCUT2D eigenvalue weighted by Gasteiger charge is -2.13. The number of fused-ring (bicyclic) bond motifs is 1. The Balaban J connectivity index is 2.41. The van der Waals surface area contributed by atoms with Crippen LogP contribution >= 0.6 is 20.6 Å². The molecule has 0 fully saturated rings.